The lowest BCUT2D eigenvalue weighted by Gasteiger charge is -2.00. The van der Waals surface area contributed by atoms with E-state index < -0.39 is 0 Å². The first-order valence-corrected chi connectivity index (χ1v) is 4.41. The van der Waals surface area contributed by atoms with Crippen LogP contribution in [0, 0.1) is 0 Å². The van der Waals surface area contributed by atoms with Crippen molar-refractivity contribution in [3.05, 3.63) is 29.6 Å². The summed E-state index contributed by atoms with van der Waals surface area (Å²) in [7, 11) is 0. The van der Waals surface area contributed by atoms with Gasteiger partial charge in [0, 0.05) is 11.9 Å². The van der Waals surface area contributed by atoms with Crippen molar-refractivity contribution in [2.75, 3.05) is 0 Å². The fourth-order valence-corrected chi connectivity index (χ4v) is 1.12. The van der Waals surface area contributed by atoms with Crippen LogP contribution in [0.25, 0.3) is 0 Å². The zero-order valence-electron chi connectivity index (χ0n) is 7.45. The van der Waals surface area contributed by atoms with E-state index in [1.54, 1.807) is 6.20 Å². The number of aryl methyl sites for hydroxylation is 1. The number of hydrogen-bond acceptors (Lipinski definition) is 2. The molecule has 2 heteroatoms. The highest BCUT2D eigenvalue weighted by atomic mass is 16.3. The van der Waals surface area contributed by atoms with Crippen LogP contribution >= 0.6 is 0 Å². The number of aliphatic hydroxyl groups excluding tert-OH is 1. The van der Waals surface area contributed by atoms with Crippen LogP contribution in [0.3, 0.4) is 0 Å². The topological polar surface area (TPSA) is 33.1 Å². The van der Waals surface area contributed by atoms with Crippen LogP contribution in [0.4, 0.5) is 0 Å². The van der Waals surface area contributed by atoms with E-state index in [0.29, 0.717) is 0 Å². The Morgan fingerprint density at radius 1 is 1.50 bits per heavy atom. The molecule has 0 aliphatic rings. The summed E-state index contributed by atoms with van der Waals surface area (Å²) in [5.41, 5.74) is 2.04. The summed E-state index contributed by atoms with van der Waals surface area (Å²) in [6.45, 7) is 2.28. The van der Waals surface area contributed by atoms with Crippen molar-refractivity contribution in [3.8, 4) is 0 Å². The van der Waals surface area contributed by atoms with Gasteiger partial charge < -0.3 is 5.11 Å². The number of hydrogen-bond donors (Lipinski definition) is 1. The van der Waals surface area contributed by atoms with E-state index in [4.69, 9.17) is 5.11 Å². The average molecular weight is 165 g/mol. The molecule has 0 aliphatic carbocycles. The summed E-state index contributed by atoms with van der Waals surface area (Å²) in [6.07, 6.45) is 5.13. The lowest BCUT2D eigenvalue weighted by molar-refractivity contribution is 0.281. The maximum atomic E-state index is 8.86. The summed E-state index contributed by atoms with van der Waals surface area (Å²) in [4.78, 5) is 4.21. The van der Waals surface area contributed by atoms with Crippen molar-refractivity contribution < 1.29 is 5.11 Å². The molecule has 66 valence electrons. The van der Waals surface area contributed by atoms with Crippen molar-refractivity contribution in [1.82, 2.24) is 4.98 Å². The van der Waals surface area contributed by atoms with Crippen molar-refractivity contribution in [2.24, 2.45) is 0 Å². The van der Waals surface area contributed by atoms with Gasteiger partial charge in [0.25, 0.3) is 0 Å². The summed E-state index contributed by atoms with van der Waals surface area (Å²) >= 11 is 0. The Hall–Kier alpha value is -0.890. The average Bonchev–Trinajstić information content (AvgIpc) is 2.15. The number of nitrogens with zero attached hydrogens (tertiary/aromatic N) is 1. The minimum atomic E-state index is 0.113. The number of aliphatic hydroxyl groups is 1. The van der Waals surface area contributed by atoms with Gasteiger partial charge in [-0.25, -0.2) is 0 Å². The molecular weight excluding hydrogens is 150 g/mol. The van der Waals surface area contributed by atoms with Crippen molar-refractivity contribution >= 4 is 0 Å². The molecule has 0 saturated heterocycles. The van der Waals surface area contributed by atoms with Crippen LogP contribution in [0.1, 0.15) is 31.0 Å². The van der Waals surface area contributed by atoms with Gasteiger partial charge >= 0.3 is 0 Å². The smallest absolute Gasteiger partial charge is 0.0683 e. The fourth-order valence-electron chi connectivity index (χ4n) is 1.12. The predicted octanol–water partition coefficient (Wildman–Crippen LogP) is 1.92. The summed E-state index contributed by atoms with van der Waals surface area (Å²) in [5, 5.41) is 8.86. The summed E-state index contributed by atoms with van der Waals surface area (Å²) in [5.74, 6) is 0. The Morgan fingerprint density at radius 2 is 2.33 bits per heavy atom. The molecular formula is C10H15NO. The Labute approximate surface area is 73.3 Å². The van der Waals surface area contributed by atoms with Gasteiger partial charge in [0.1, 0.15) is 0 Å². The number of aromatic nitrogens is 1. The molecule has 0 bridgehead atoms. The van der Waals surface area contributed by atoms with Gasteiger partial charge in [-0.2, -0.15) is 0 Å². The highest BCUT2D eigenvalue weighted by molar-refractivity contribution is 5.15. The highest BCUT2D eigenvalue weighted by Crippen LogP contribution is 2.05. The number of rotatable bonds is 4. The Bertz CT molecular complexity index is 235. The first kappa shape index (κ1) is 9.20. The monoisotopic (exact) mass is 165 g/mol. The van der Waals surface area contributed by atoms with E-state index in [1.807, 2.05) is 12.1 Å². The number of unbranched alkanes of at least 4 members (excludes halogenated alkanes) is 1. The molecule has 1 heterocycles. The van der Waals surface area contributed by atoms with Crippen molar-refractivity contribution in [3.63, 3.8) is 0 Å². The Balaban J connectivity index is 2.60. The van der Waals surface area contributed by atoms with Gasteiger partial charge in [-0.05, 0) is 30.5 Å². The Morgan fingerprint density at radius 3 is 3.00 bits per heavy atom. The van der Waals surface area contributed by atoms with E-state index in [1.165, 1.54) is 12.8 Å². The van der Waals surface area contributed by atoms with Gasteiger partial charge in [-0.1, -0.05) is 13.3 Å². The lowest BCUT2D eigenvalue weighted by Crippen LogP contribution is -1.92. The molecule has 0 aliphatic heterocycles. The van der Waals surface area contributed by atoms with E-state index >= 15 is 0 Å². The summed E-state index contributed by atoms with van der Waals surface area (Å²) in [6, 6.07) is 3.81. The second-order valence-electron chi connectivity index (χ2n) is 2.92. The first-order valence-electron chi connectivity index (χ1n) is 4.41. The van der Waals surface area contributed by atoms with Crippen LogP contribution in [-0.4, -0.2) is 10.1 Å². The molecule has 1 aromatic heterocycles. The third kappa shape index (κ3) is 2.62. The SMILES string of the molecule is CCCCc1cc(CO)ccn1. The maximum Gasteiger partial charge on any atom is 0.0683 e. The van der Waals surface area contributed by atoms with Gasteiger partial charge in [0.05, 0.1) is 6.61 Å². The van der Waals surface area contributed by atoms with Crippen LogP contribution < -0.4 is 0 Å². The lowest BCUT2D eigenvalue weighted by atomic mass is 10.1. The quantitative estimate of drug-likeness (QED) is 0.739. The van der Waals surface area contributed by atoms with Gasteiger partial charge in [-0.15, -0.1) is 0 Å². The first-order chi connectivity index (χ1) is 5.86. The minimum absolute atomic E-state index is 0.113. The summed E-state index contributed by atoms with van der Waals surface area (Å²) < 4.78 is 0. The van der Waals surface area contributed by atoms with E-state index in [-0.39, 0.29) is 6.61 Å². The molecule has 0 unspecified atom stereocenters. The van der Waals surface area contributed by atoms with E-state index in [9.17, 15) is 0 Å². The third-order valence-corrected chi connectivity index (χ3v) is 1.85. The standard InChI is InChI=1S/C10H15NO/c1-2-3-4-10-7-9(8-12)5-6-11-10/h5-7,12H,2-4,8H2,1H3. The van der Waals surface area contributed by atoms with Crippen LogP contribution in [0.2, 0.25) is 0 Å². The molecule has 0 aromatic carbocycles. The van der Waals surface area contributed by atoms with Crippen molar-refractivity contribution in [1.29, 1.82) is 0 Å². The highest BCUT2D eigenvalue weighted by Gasteiger charge is 1.95. The van der Waals surface area contributed by atoms with Crippen molar-refractivity contribution in [2.45, 2.75) is 32.8 Å². The van der Waals surface area contributed by atoms with Crippen LogP contribution in [0.15, 0.2) is 18.3 Å². The largest absolute Gasteiger partial charge is 0.392 e. The zero-order chi connectivity index (χ0) is 8.81. The maximum absolute atomic E-state index is 8.86. The molecule has 0 fully saturated rings. The molecule has 0 amide bonds. The van der Waals surface area contributed by atoms with Gasteiger partial charge in [-0.3, -0.25) is 4.98 Å². The second-order valence-corrected chi connectivity index (χ2v) is 2.92. The molecule has 0 saturated carbocycles. The predicted molar refractivity (Wildman–Crippen MR) is 48.8 cm³/mol. The molecule has 1 N–H and O–H groups in total. The molecule has 2 nitrogen and oxygen atoms in total. The Kier molecular flexibility index (Phi) is 3.74. The third-order valence-electron chi connectivity index (χ3n) is 1.85. The second kappa shape index (κ2) is 4.88. The van der Waals surface area contributed by atoms with Crippen LogP contribution in [-0.2, 0) is 13.0 Å². The van der Waals surface area contributed by atoms with Gasteiger partial charge in [0.2, 0.25) is 0 Å². The molecule has 0 spiro atoms. The van der Waals surface area contributed by atoms with Crippen LogP contribution in [0.5, 0.6) is 0 Å². The molecule has 12 heavy (non-hydrogen) atoms. The van der Waals surface area contributed by atoms with E-state index in [0.717, 1.165) is 17.7 Å². The number of pyridine rings is 1. The normalized spacial score (nSPS) is 10.2. The minimum Gasteiger partial charge on any atom is -0.392 e. The molecule has 0 radical (unpaired) electrons. The van der Waals surface area contributed by atoms with E-state index in [2.05, 4.69) is 11.9 Å². The molecule has 0 atom stereocenters. The zero-order valence-corrected chi connectivity index (χ0v) is 7.45. The van der Waals surface area contributed by atoms with Gasteiger partial charge in [0.15, 0.2) is 0 Å². The molecule has 1 rings (SSSR count). The fraction of sp³-hybridized carbons (Fsp3) is 0.500. The molecule has 1 aromatic rings.